The van der Waals surface area contributed by atoms with Crippen molar-refractivity contribution in [1.29, 1.82) is 0 Å². The molecule has 8 nitrogen and oxygen atoms in total. The Bertz CT molecular complexity index is 1150. The molecule has 0 saturated carbocycles. The number of hydrogen-bond donors (Lipinski definition) is 3. The second kappa shape index (κ2) is 20.0. The Balaban J connectivity index is 3.01. The number of rotatable bonds is 23. The molecule has 3 unspecified atom stereocenters. The molecule has 1 rings (SSSR count). The van der Waals surface area contributed by atoms with Crippen molar-refractivity contribution in [3.8, 4) is 0 Å². The Kier molecular flexibility index (Phi) is 18.1. The SMILES string of the molecule is CC(C)NCCCCC(C(=O)C(C)C)N(CC(=O)S)CC(=O)C(C)CCC(C)C(=O)c1cc(NC(C)C)cc(C(=O)C(C)C)c1. The summed E-state index contributed by atoms with van der Waals surface area (Å²) in [6.07, 6.45) is 3.23. The van der Waals surface area contributed by atoms with E-state index in [1.54, 1.807) is 23.1 Å². The number of hydrogen-bond acceptors (Lipinski definition) is 8. The normalized spacial score (nSPS) is 13.9. The van der Waals surface area contributed by atoms with Crippen LogP contribution in [0, 0.1) is 23.7 Å². The van der Waals surface area contributed by atoms with Crippen molar-refractivity contribution in [2.45, 2.75) is 119 Å². The summed E-state index contributed by atoms with van der Waals surface area (Å²) < 4.78 is 0. The van der Waals surface area contributed by atoms with Crippen molar-refractivity contribution in [2.75, 3.05) is 25.0 Å². The summed E-state index contributed by atoms with van der Waals surface area (Å²) in [6.45, 7) is 20.0. The first-order chi connectivity index (χ1) is 20.9. The van der Waals surface area contributed by atoms with Gasteiger partial charge in [-0.2, -0.15) is 0 Å². The van der Waals surface area contributed by atoms with E-state index < -0.39 is 6.04 Å². The zero-order valence-electron chi connectivity index (χ0n) is 29.4. The van der Waals surface area contributed by atoms with E-state index in [0.29, 0.717) is 36.4 Å². The topological polar surface area (TPSA) is 113 Å². The van der Waals surface area contributed by atoms with Crippen LogP contribution in [0.4, 0.5) is 5.69 Å². The van der Waals surface area contributed by atoms with Crippen LogP contribution in [-0.4, -0.2) is 70.9 Å². The first-order valence-corrected chi connectivity index (χ1v) is 17.1. The van der Waals surface area contributed by atoms with E-state index in [9.17, 15) is 24.0 Å². The summed E-state index contributed by atoms with van der Waals surface area (Å²) in [5, 5.41) is 6.30. The maximum Gasteiger partial charge on any atom is 0.199 e. The molecule has 1 aromatic rings. The third kappa shape index (κ3) is 14.7. The van der Waals surface area contributed by atoms with Gasteiger partial charge in [0.2, 0.25) is 0 Å². The molecule has 0 aliphatic heterocycles. The Morgan fingerprint density at radius 2 is 1.27 bits per heavy atom. The van der Waals surface area contributed by atoms with E-state index in [1.807, 2.05) is 55.4 Å². The summed E-state index contributed by atoms with van der Waals surface area (Å²) in [6, 6.07) is 5.25. The molecule has 0 aliphatic rings. The molecule has 1 aromatic carbocycles. The number of benzene rings is 1. The van der Waals surface area contributed by atoms with Gasteiger partial charge < -0.3 is 10.6 Å². The van der Waals surface area contributed by atoms with Gasteiger partial charge in [0.1, 0.15) is 5.78 Å². The van der Waals surface area contributed by atoms with Crippen molar-refractivity contribution in [2.24, 2.45) is 23.7 Å². The van der Waals surface area contributed by atoms with Gasteiger partial charge in [-0.25, -0.2) is 0 Å². The van der Waals surface area contributed by atoms with Gasteiger partial charge in [0, 0.05) is 52.6 Å². The Morgan fingerprint density at radius 3 is 1.78 bits per heavy atom. The lowest BCUT2D eigenvalue weighted by Gasteiger charge is -2.31. The molecule has 0 amide bonds. The van der Waals surface area contributed by atoms with Crippen LogP contribution in [-0.2, 0) is 14.4 Å². The second-order valence-corrected chi connectivity index (χ2v) is 14.3. The van der Waals surface area contributed by atoms with Gasteiger partial charge in [0.25, 0.3) is 0 Å². The van der Waals surface area contributed by atoms with Gasteiger partial charge in [-0.3, -0.25) is 28.9 Å². The molecule has 0 spiro atoms. The fraction of sp³-hybridized carbons (Fsp3) is 0.694. The van der Waals surface area contributed by atoms with E-state index in [1.165, 1.54) is 0 Å². The molecular weight excluding hydrogens is 586 g/mol. The highest BCUT2D eigenvalue weighted by Crippen LogP contribution is 2.24. The van der Waals surface area contributed by atoms with Crippen LogP contribution in [0.2, 0.25) is 0 Å². The molecular formula is C36H59N3O5S. The lowest BCUT2D eigenvalue weighted by molar-refractivity contribution is -0.131. The van der Waals surface area contributed by atoms with E-state index in [4.69, 9.17) is 0 Å². The summed E-state index contributed by atoms with van der Waals surface area (Å²) >= 11 is 3.98. The highest BCUT2D eigenvalue weighted by molar-refractivity contribution is 7.96. The maximum atomic E-state index is 13.5. The number of Topliss-reactive ketones (excluding diaryl/α,β-unsaturated/α-hetero) is 4. The summed E-state index contributed by atoms with van der Waals surface area (Å²) in [5.74, 6) is -1.29. The summed E-state index contributed by atoms with van der Waals surface area (Å²) in [5.41, 5.74) is 1.72. The Hall–Kier alpha value is -2.36. The molecule has 0 saturated heterocycles. The van der Waals surface area contributed by atoms with Crippen molar-refractivity contribution < 1.29 is 24.0 Å². The molecule has 45 heavy (non-hydrogen) atoms. The molecule has 0 aromatic heterocycles. The number of carbonyl (C=O) groups is 5. The molecule has 254 valence electrons. The minimum atomic E-state index is -0.536. The van der Waals surface area contributed by atoms with Gasteiger partial charge in [-0.1, -0.05) is 61.8 Å². The fourth-order valence-electron chi connectivity index (χ4n) is 5.29. The zero-order valence-corrected chi connectivity index (χ0v) is 30.3. The van der Waals surface area contributed by atoms with E-state index in [-0.39, 0.29) is 71.1 Å². The minimum absolute atomic E-state index is 0.0191. The van der Waals surface area contributed by atoms with Crippen LogP contribution < -0.4 is 10.6 Å². The van der Waals surface area contributed by atoms with Gasteiger partial charge in [-0.15, -0.1) is 12.6 Å². The molecule has 3 atom stereocenters. The maximum absolute atomic E-state index is 13.5. The number of anilines is 1. The quantitative estimate of drug-likeness (QED) is 0.0688. The fourth-order valence-corrected chi connectivity index (χ4v) is 5.47. The average Bonchev–Trinajstić information content (AvgIpc) is 2.94. The van der Waals surface area contributed by atoms with Gasteiger partial charge >= 0.3 is 0 Å². The van der Waals surface area contributed by atoms with E-state index in [0.717, 1.165) is 25.1 Å². The molecule has 9 heteroatoms. The smallest absolute Gasteiger partial charge is 0.199 e. The Labute approximate surface area is 277 Å². The summed E-state index contributed by atoms with van der Waals surface area (Å²) in [7, 11) is 0. The lowest BCUT2D eigenvalue weighted by Crippen LogP contribution is -2.48. The minimum Gasteiger partial charge on any atom is -0.383 e. The zero-order chi connectivity index (χ0) is 34.4. The van der Waals surface area contributed by atoms with Crippen LogP contribution in [0.3, 0.4) is 0 Å². The van der Waals surface area contributed by atoms with E-state index >= 15 is 0 Å². The van der Waals surface area contributed by atoms with Crippen LogP contribution in [0.25, 0.3) is 0 Å². The predicted octanol–water partition coefficient (Wildman–Crippen LogP) is 6.67. The number of unbranched alkanes of at least 4 members (excludes halogenated alkanes) is 1. The highest BCUT2D eigenvalue weighted by atomic mass is 32.1. The molecule has 0 heterocycles. The second-order valence-electron chi connectivity index (χ2n) is 13.8. The van der Waals surface area contributed by atoms with Crippen molar-refractivity contribution in [3.63, 3.8) is 0 Å². The number of nitrogens with zero attached hydrogens (tertiary/aromatic N) is 1. The van der Waals surface area contributed by atoms with Gasteiger partial charge in [-0.05, 0) is 64.3 Å². The first-order valence-electron chi connectivity index (χ1n) is 16.7. The third-order valence-electron chi connectivity index (χ3n) is 8.00. The Morgan fingerprint density at radius 1 is 0.689 bits per heavy atom. The lowest BCUT2D eigenvalue weighted by atomic mass is 9.88. The predicted molar refractivity (Wildman–Crippen MR) is 187 cm³/mol. The van der Waals surface area contributed by atoms with E-state index in [2.05, 4.69) is 37.1 Å². The van der Waals surface area contributed by atoms with Gasteiger partial charge in [0.15, 0.2) is 22.5 Å². The molecule has 0 aliphatic carbocycles. The van der Waals surface area contributed by atoms with Gasteiger partial charge in [0.05, 0.1) is 19.1 Å². The molecule has 2 N–H and O–H groups in total. The van der Waals surface area contributed by atoms with Crippen LogP contribution in [0.1, 0.15) is 122 Å². The number of carbonyl (C=O) groups excluding carboxylic acids is 5. The third-order valence-corrected chi connectivity index (χ3v) is 8.15. The number of thiol groups is 1. The monoisotopic (exact) mass is 645 g/mol. The average molecular weight is 646 g/mol. The molecule has 0 bridgehead atoms. The van der Waals surface area contributed by atoms with Crippen LogP contribution in [0.15, 0.2) is 18.2 Å². The molecule has 0 fully saturated rings. The number of ketones is 4. The first kappa shape index (κ1) is 40.7. The van der Waals surface area contributed by atoms with Crippen LogP contribution >= 0.6 is 12.6 Å². The van der Waals surface area contributed by atoms with Crippen molar-refractivity contribution in [3.05, 3.63) is 29.3 Å². The molecule has 0 radical (unpaired) electrons. The number of nitrogens with one attached hydrogen (secondary N) is 2. The summed E-state index contributed by atoms with van der Waals surface area (Å²) in [4.78, 5) is 66.7. The largest absolute Gasteiger partial charge is 0.383 e. The van der Waals surface area contributed by atoms with Crippen molar-refractivity contribution >= 4 is 46.6 Å². The van der Waals surface area contributed by atoms with Crippen LogP contribution in [0.5, 0.6) is 0 Å². The standard InChI is InChI=1S/C36H59N3O5S/c1-22(2)34(42)28-17-29(19-30(18-28)38-25(7)8)36(44)27(10)15-14-26(9)32(40)20-39(21-33(41)45)31(35(43)23(3)4)13-11-12-16-37-24(5)6/h17-19,22-27,31,37-38H,11-16,20-21H2,1-10H3,(H,41,45). The van der Waals surface area contributed by atoms with Crippen molar-refractivity contribution in [1.82, 2.24) is 10.2 Å². The highest BCUT2D eigenvalue weighted by Gasteiger charge is 2.31.